The molecule has 1 aliphatic heterocycles. The van der Waals surface area contributed by atoms with Gasteiger partial charge in [0.1, 0.15) is 11.5 Å². The van der Waals surface area contributed by atoms with Crippen molar-refractivity contribution in [3.63, 3.8) is 0 Å². The lowest BCUT2D eigenvalue weighted by atomic mass is 10.0. The van der Waals surface area contributed by atoms with Gasteiger partial charge in [0.2, 0.25) is 0 Å². The zero-order chi connectivity index (χ0) is 30.3. The minimum absolute atomic E-state index is 0.0549. The number of rotatable bonds is 2. The molecule has 0 spiro atoms. The first-order valence-corrected chi connectivity index (χ1v) is 13.1. The second-order valence-corrected chi connectivity index (χ2v) is 10.3. The molecule has 12 heteroatoms. The number of esters is 2. The summed E-state index contributed by atoms with van der Waals surface area (Å²) in [7, 11) is 0. The van der Waals surface area contributed by atoms with E-state index in [0.29, 0.717) is 27.8 Å². The van der Waals surface area contributed by atoms with Crippen molar-refractivity contribution in [2.45, 2.75) is 53.9 Å². The molecule has 12 nitrogen and oxygen atoms in total. The number of fused-ring (bicyclic) bond motifs is 8. The average molecular weight is 573 g/mol. The third-order valence-corrected chi connectivity index (χ3v) is 6.88. The summed E-state index contributed by atoms with van der Waals surface area (Å²) in [6, 6.07) is 9.35. The molecule has 0 fully saturated rings. The van der Waals surface area contributed by atoms with E-state index in [-0.39, 0.29) is 37.7 Å². The minimum Gasteiger partial charge on any atom is -0.426 e. The van der Waals surface area contributed by atoms with Crippen LogP contribution in [0.3, 0.4) is 0 Å². The molecule has 4 aromatic rings. The molecule has 2 aromatic heterocycles. The molecular formula is C30H28N4O8. The Morgan fingerprint density at radius 3 is 1.26 bits per heavy atom. The molecule has 0 N–H and O–H groups in total. The van der Waals surface area contributed by atoms with E-state index in [2.05, 4.69) is 0 Å². The fourth-order valence-electron chi connectivity index (χ4n) is 5.23. The summed E-state index contributed by atoms with van der Waals surface area (Å²) in [5.41, 5.74) is 0.654. The predicted octanol–water partition coefficient (Wildman–Crippen LogP) is 1.31. The molecule has 0 saturated heterocycles. The molecule has 42 heavy (non-hydrogen) atoms. The van der Waals surface area contributed by atoms with Crippen LogP contribution in [0, 0.1) is 13.8 Å². The number of nitrogens with zero attached hydrogens (tertiary/aromatic N) is 4. The van der Waals surface area contributed by atoms with Gasteiger partial charge in [-0.3, -0.25) is 37.4 Å². The molecule has 0 unspecified atom stereocenters. The summed E-state index contributed by atoms with van der Waals surface area (Å²) in [6.07, 6.45) is 2.72. The maximum atomic E-state index is 13.7. The van der Waals surface area contributed by atoms with Crippen LogP contribution in [0.4, 0.5) is 0 Å². The van der Waals surface area contributed by atoms with Crippen LogP contribution < -0.4 is 32.0 Å². The summed E-state index contributed by atoms with van der Waals surface area (Å²) < 4.78 is 15.8. The lowest BCUT2D eigenvalue weighted by Crippen LogP contribution is -2.40. The predicted molar refractivity (Wildman–Crippen MR) is 151 cm³/mol. The molecule has 5 rings (SSSR count). The molecule has 2 aromatic carbocycles. The van der Waals surface area contributed by atoms with Gasteiger partial charge in [0.25, 0.3) is 11.1 Å². The van der Waals surface area contributed by atoms with Crippen LogP contribution in [0.25, 0.3) is 0 Å². The third kappa shape index (κ3) is 5.51. The van der Waals surface area contributed by atoms with E-state index in [1.54, 1.807) is 31.2 Å². The second kappa shape index (κ2) is 11.0. The Morgan fingerprint density at radius 1 is 0.595 bits per heavy atom. The van der Waals surface area contributed by atoms with Crippen molar-refractivity contribution in [1.82, 2.24) is 18.3 Å². The van der Waals surface area contributed by atoms with E-state index in [1.165, 1.54) is 47.5 Å². The second-order valence-electron chi connectivity index (χ2n) is 10.3. The van der Waals surface area contributed by atoms with Crippen LogP contribution in [0.2, 0.25) is 0 Å². The van der Waals surface area contributed by atoms with E-state index in [9.17, 15) is 28.8 Å². The number of ether oxygens (including phenoxy) is 2. The van der Waals surface area contributed by atoms with Gasteiger partial charge in [-0.05, 0) is 13.8 Å². The fraction of sp³-hybridized carbons (Fsp3) is 0.267. The third-order valence-electron chi connectivity index (χ3n) is 6.88. The van der Waals surface area contributed by atoms with Crippen molar-refractivity contribution in [2.24, 2.45) is 0 Å². The number of hydrogen-bond acceptors (Lipinski definition) is 8. The van der Waals surface area contributed by atoms with Gasteiger partial charge in [0.05, 0.1) is 26.2 Å². The molecule has 1 aliphatic rings. The standard InChI is InChI=1S/C30H28N4O8/c1-17-9-21-13-31-7-5-25(37)33(29(31)39)15-23-11-18(2)12-24(28(23)42-20(4)36)16-34-26(38)6-8-32(30(34)40)14-22(10-17)27(21)41-19(3)35/h5-12H,13-16H2,1-4H3. The Balaban J connectivity index is 1.86. The van der Waals surface area contributed by atoms with Crippen LogP contribution in [0.5, 0.6) is 11.5 Å². The van der Waals surface area contributed by atoms with Gasteiger partial charge in [0.15, 0.2) is 0 Å². The SMILES string of the molecule is CC(=O)Oc1c2cc(C)cc1Cn1ccc(=O)n(c1=O)Cc1cc(C)cc(c1OC(C)=O)Cn1c(=O)ccn(c1=O)C2. The highest BCUT2D eigenvalue weighted by atomic mass is 16.5. The summed E-state index contributed by atoms with van der Waals surface area (Å²) in [4.78, 5) is 77.4. The van der Waals surface area contributed by atoms with E-state index < -0.39 is 34.4 Å². The van der Waals surface area contributed by atoms with Gasteiger partial charge in [0, 0.05) is 60.6 Å². The van der Waals surface area contributed by atoms with Gasteiger partial charge in [-0.2, -0.15) is 0 Å². The highest BCUT2D eigenvalue weighted by Crippen LogP contribution is 2.29. The average Bonchev–Trinajstić information content (AvgIpc) is 2.90. The van der Waals surface area contributed by atoms with Gasteiger partial charge in [-0.1, -0.05) is 35.4 Å². The maximum absolute atomic E-state index is 13.7. The molecule has 0 radical (unpaired) electrons. The number of aromatic nitrogens is 4. The number of carbonyl (C=O) groups excluding carboxylic acids is 2. The molecule has 0 aliphatic carbocycles. The van der Waals surface area contributed by atoms with Gasteiger partial charge in [-0.25, -0.2) is 9.59 Å². The van der Waals surface area contributed by atoms with Crippen LogP contribution in [-0.4, -0.2) is 30.2 Å². The van der Waals surface area contributed by atoms with Crippen molar-refractivity contribution in [3.05, 3.63) is 124 Å². The van der Waals surface area contributed by atoms with Crippen LogP contribution in [0.15, 0.2) is 68.0 Å². The molecule has 0 saturated carbocycles. The van der Waals surface area contributed by atoms with E-state index >= 15 is 0 Å². The summed E-state index contributed by atoms with van der Waals surface area (Å²) >= 11 is 0. The summed E-state index contributed by atoms with van der Waals surface area (Å²) in [5.74, 6) is -1.02. The minimum atomic E-state index is -0.654. The molecule has 0 atom stereocenters. The zero-order valence-corrected chi connectivity index (χ0v) is 23.5. The first-order chi connectivity index (χ1) is 19.9. The van der Waals surface area contributed by atoms with Crippen molar-refractivity contribution in [2.75, 3.05) is 0 Å². The van der Waals surface area contributed by atoms with Crippen molar-refractivity contribution >= 4 is 11.9 Å². The largest absolute Gasteiger partial charge is 0.426 e. The topological polar surface area (TPSA) is 141 Å². The Labute approximate surface area is 238 Å². The molecule has 216 valence electrons. The summed E-state index contributed by atoms with van der Waals surface area (Å²) in [5, 5.41) is 0. The Kier molecular flexibility index (Phi) is 7.38. The zero-order valence-electron chi connectivity index (χ0n) is 23.5. The van der Waals surface area contributed by atoms with E-state index in [0.717, 1.165) is 14.7 Å². The lowest BCUT2D eigenvalue weighted by molar-refractivity contribution is -0.132. The molecule has 8 bridgehead atoms. The van der Waals surface area contributed by atoms with Gasteiger partial charge in [-0.15, -0.1) is 0 Å². The van der Waals surface area contributed by atoms with Crippen molar-refractivity contribution < 1.29 is 19.1 Å². The molecule has 0 amide bonds. The van der Waals surface area contributed by atoms with Gasteiger partial charge < -0.3 is 9.47 Å². The summed E-state index contributed by atoms with van der Waals surface area (Å²) in [6.45, 7) is 5.43. The van der Waals surface area contributed by atoms with Crippen LogP contribution >= 0.6 is 0 Å². The fourth-order valence-corrected chi connectivity index (χ4v) is 5.23. The number of hydrogen-bond donors (Lipinski definition) is 0. The highest BCUT2D eigenvalue weighted by Gasteiger charge is 2.21. The first-order valence-electron chi connectivity index (χ1n) is 13.1. The van der Waals surface area contributed by atoms with Crippen LogP contribution in [-0.2, 0) is 35.8 Å². The molecular weight excluding hydrogens is 544 g/mol. The first kappa shape index (κ1) is 28.3. The highest BCUT2D eigenvalue weighted by molar-refractivity contribution is 5.71. The quantitative estimate of drug-likeness (QED) is 0.228. The van der Waals surface area contributed by atoms with Crippen molar-refractivity contribution in [1.29, 1.82) is 0 Å². The Morgan fingerprint density at radius 2 is 0.929 bits per heavy atom. The lowest BCUT2D eigenvalue weighted by Gasteiger charge is -2.20. The van der Waals surface area contributed by atoms with Crippen LogP contribution in [0.1, 0.15) is 47.2 Å². The smallest absolute Gasteiger partial charge is 0.331 e. The monoisotopic (exact) mass is 572 g/mol. The Hall–Kier alpha value is -5.26. The number of benzene rings is 2. The Bertz CT molecular complexity index is 1890. The van der Waals surface area contributed by atoms with Crippen molar-refractivity contribution in [3.8, 4) is 11.5 Å². The number of aryl methyl sites for hydroxylation is 2. The van der Waals surface area contributed by atoms with E-state index in [1.807, 2.05) is 6.92 Å². The molecule has 3 heterocycles. The normalized spacial score (nSPS) is 12.5. The van der Waals surface area contributed by atoms with E-state index in [4.69, 9.17) is 9.47 Å². The van der Waals surface area contributed by atoms with Gasteiger partial charge >= 0.3 is 23.3 Å². The maximum Gasteiger partial charge on any atom is 0.331 e. The number of carbonyl (C=O) groups is 2.